The fourth-order valence-corrected chi connectivity index (χ4v) is 1.54. The molecule has 1 rings (SSSR count). The van der Waals surface area contributed by atoms with E-state index >= 15 is 0 Å². The zero-order chi connectivity index (χ0) is 10.4. The number of pyridine rings is 1. The maximum absolute atomic E-state index is 6.01. The lowest BCUT2D eigenvalue weighted by atomic mass is 10.0. The highest BCUT2D eigenvalue weighted by Crippen LogP contribution is 2.06. The van der Waals surface area contributed by atoms with Crippen LogP contribution in [0.1, 0.15) is 19.0 Å². The first kappa shape index (κ1) is 11.1. The van der Waals surface area contributed by atoms with Gasteiger partial charge in [-0.3, -0.25) is 4.98 Å². The third kappa shape index (κ3) is 3.09. The summed E-state index contributed by atoms with van der Waals surface area (Å²) in [4.78, 5) is 4.23. The van der Waals surface area contributed by atoms with E-state index in [-0.39, 0.29) is 12.1 Å². The van der Waals surface area contributed by atoms with E-state index in [0.29, 0.717) is 0 Å². The molecule has 3 nitrogen and oxygen atoms in total. The fourth-order valence-electron chi connectivity index (χ4n) is 1.54. The molecule has 1 aromatic heterocycles. The van der Waals surface area contributed by atoms with Crippen molar-refractivity contribution in [2.24, 2.45) is 5.73 Å². The van der Waals surface area contributed by atoms with Crippen molar-refractivity contribution < 1.29 is 4.74 Å². The second kappa shape index (κ2) is 5.73. The number of rotatable bonds is 5. The molecular formula is C11H18N2O. The molecular weight excluding hydrogens is 176 g/mol. The largest absolute Gasteiger partial charge is 0.380 e. The van der Waals surface area contributed by atoms with Crippen LogP contribution < -0.4 is 5.73 Å². The summed E-state index contributed by atoms with van der Waals surface area (Å²) in [6.45, 7) is 2.08. The lowest BCUT2D eigenvalue weighted by molar-refractivity contribution is 0.0770. The number of nitrogens with two attached hydrogens (primary N) is 1. The van der Waals surface area contributed by atoms with Crippen LogP contribution in [0.5, 0.6) is 0 Å². The van der Waals surface area contributed by atoms with Gasteiger partial charge in [-0.15, -0.1) is 0 Å². The number of methoxy groups -OCH3 is 1. The van der Waals surface area contributed by atoms with Crippen LogP contribution in [-0.4, -0.2) is 24.2 Å². The molecule has 2 atom stereocenters. The zero-order valence-electron chi connectivity index (χ0n) is 8.81. The fraction of sp³-hybridized carbons (Fsp3) is 0.545. The molecule has 0 spiro atoms. The van der Waals surface area contributed by atoms with Crippen LogP contribution in [0.15, 0.2) is 24.4 Å². The molecule has 0 fully saturated rings. The highest BCUT2D eigenvalue weighted by molar-refractivity contribution is 5.05. The van der Waals surface area contributed by atoms with Crippen LogP contribution in [-0.2, 0) is 11.2 Å². The summed E-state index contributed by atoms with van der Waals surface area (Å²) in [7, 11) is 1.70. The van der Waals surface area contributed by atoms with Crippen LogP contribution in [0.3, 0.4) is 0 Å². The Morgan fingerprint density at radius 1 is 1.50 bits per heavy atom. The smallest absolute Gasteiger partial charge is 0.0723 e. The van der Waals surface area contributed by atoms with Crippen LogP contribution in [0.25, 0.3) is 0 Å². The number of hydrogen-bond donors (Lipinski definition) is 1. The first-order valence-electron chi connectivity index (χ1n) is 4.96. The Kier molecular flexibility index (Phi) is 4.56. The molecule has 3 heteroatoms. The second-order valence-electron chi connectivity index (χ2n) is 3.37. The third-order valence-corrected chi connectivity index (χ3v) is 2.35. The van der Waals surface area contributed by atoms with E-state index in [1.54, 1.807) is 13.3 Å². The van der Waals surface area contributed by atoms with Crippen molar-refractivity contribution >= 4 is 0 Å². The maximum atomic E-state index is 6.01. The Bertz CT molecular complexity index is 247. The van der Waals surface area contributed by atoms with Gasteiger partial charge in [0.25, 0.3) is 0 Å². The highest BCUT2D eigenvalue weighted by Gasteiger charge is 2.15. The van der Waals surface area contributed by atoms with Crippen LogP contribution in [0.4, 0.5) is 0 Å². The number of nitrogens with zero attached hydrogens (tertiary/aromatic N) is 1. The molecule has 0 unspecified atom stereocenters. The van der Waals surface area contributed by atoms with Gasteiger partial charge in [0.05, 0.1) is 6.10 Å². The summed E-state index contributed by atoms with van der Waals surface area (Å²) in [6, 6.07) is 5.90. The molecule has 0 radical (unpaired) electrons. The van der Waals surface area contributed by atoms with E-state index in [1.165, 1.54) is 0 Å². The Balaban J connectivity index is 2.52. The summed E-state index contributed by atoms with van der Waals surface area (Å²) in [6.07, 6.45) is 3.62. The van der Waals surface area contributed by atoms with Crippen molar-refractivity contribution in [3.05, 3.63) is 30.1 Å². The van der Waals surface area contributed by atoms with Crippen molar-refractivity contribution in [2.75, 3.05) is 7.11 Å². The number of ether oxygens (including phenoxy) is 1. The summed E-state index contributed by atoms with van der Waals surface area (Å²) in [5.41, 5.74) is 7.03. The Morgan fingerprint density at radius 3 is 2.79 bits per heavy atom. The Morgan fingerprint density at radius 2 is 2.29 bits per heavy atom. The standard InChI is InChI=1S/C11H18N2O/c1-3-11(14-2)10(12)8-9-6-4-5-7-13-9/h4-7,10-11H,3,8,12H2,1-2H3/t10-,11+/m1/s1. The van der Waals surface area contributed by atoms with E-state index in [1.807, 2.05) is 18.2 Å². The van der Waals surface area contributed by atoms with Gasteiger partial charge in [-0.05, 0) is 18.6 Å². The molecule has 0 bridgehead atoms. The van der Waals surface area contributed by atoms with Crippen LogP contribution >= 0.6 is 0 Å². The van der Waals surface area contributed by atoms with E-state index in [4.69, 9.17) is 10.5 Å². The molecule has 0 saturated heterocycles. The van der Waals surface area contributed by atoms with Crippen molar-refractivity contribution in [2.45, 2.75) is 31.9 Å². The van der Waals surface area contributed by atoms with Gasteiger partial charge < -0.3 is 10.5 Å². The van der Waals surface area contributed by atoms with E-state index in [2.05, 4.69) is 11.9 Å². The topological polar surface area (TPSA) is 48.1 Å². The molecule has 0 aromatic carbocycles. The summed E-state index contributed by atoms with van der Waals surface area (Å²) < 4.78 is 5.28. The minimum absolute atomic E-state index is 0.0277. The molecule has 0 saturated carbocycles. The predicted molar refractivity (Wildman–Crippen MR) is 57.0 cm³/mol. The molecule has 0 amide bonds. The number of hydrogen-bond acceptors (Lipinski definition) is 3. The van der Waals surface area contributed by atoms with Crippen LogP contribution in [0, 0.1) is 0 Å². The van der Waals surface area contributed by atoms with Gasteiger partial charge in [0.15, 0.2) is 0 Å². The molecule has 78 valence electrons. The van der Waals surface area contributed by atoms with Gasteiger partial charge in [-0.25, -0.2) is 0 Å². The maximum Gasteiger partial charge on any atom is 0.0723 e. The second-order valence-corrected chi connectivity index (χ2v) is 3.37. The molecule has 2 N–H and O–H groups in total. The van der Waals surface area contributed by atoms with Crippen LogP contribution in [0.2, 0.25) is 0 Å². The van der Waals surface area contributed by atoms with Crippen molar-refractivity contribution in [3.63, 3.8) is 0 Å². The summed E-state index contributed by atoms with van der Waals surface area (Å²) in [5.74, 6) is 0. The van der Waals surface area contributed by atoms with E-state index in [0.717, 1.165) is 18.5 Å². The molecule has 1 aromatic rings. The lowest BCUT2D eigenvalue weighted by Gasteiger charge is -2.20. The minimum Gasteiger partial charge on any atom is -0.380 e. The predicted octanol–water partition coefficient (Wildman–Crippen LogP) is 1.38. The highest BCUT2D eigenvalue weighted by atomic mass is 16.5. The molecule has 1 heterocycles. The zero-order valence-corrected chi connectivity index (χ0v) is 8.81. The van der Waals surface area contributed by atoms with Gasteiger partial charge in [0.1, 0.15) is 0 Å². The minimum atomic E-state index is 0.0277. The molecule has 0 aliphatic rings. The summed E-state index contributed by atoms with van der Waals surface area (Å²) in [5, 5.41) is 0. The average Bonchev–Trinajstić information content (AvgIpc) is 2.21. The first-order valence-corrected chi connectivity index (χ1v) is 4.96. The van der Waals surface area contributed by atoms with E-state index in [9.17, 15) is 0 Å². The van der Waals surface area contributed by atoms with Crippen molar-refractivity contribution in [1.82, 2.24) is 4.98 Å². The quantitative estimate of drug-likeness (QED) is 0.770. The Hall–Kier alpha value is -0.930. The SMILES string of the molecule is CC[C@H](OC)[C@H](N)Cc1ccccn1. The van der Waals surface area contributed by atoms with Gasteiger partial charge in [-0.2, -0.15) is 0 Å². The van der Waals surface area contributed by atoms with Crippen molar-refractivity contribution in [1.29, 1.82) is 0 Å². The summed E-state index contributed by atoms with van der Waals surface area (Å²) >= 11 is 0. The van der Waals surface area contributed by atoms with Gasteiger partial charge in [0.2, 0.25) is 0 Å². The third-order valence-electron chi connectivity index (χ3n) is 2.35. The monoisotopic (exact) mass is 194 g/mol. The molecule has 0 aliphatic heterocycles. The van der Waals surface area contributed by atoms with Gasteiger partial charge >= 0.3 is 0 Å². The average molecular weight is 194 g/mol. The molecule has 14 heavy (non-hydrogen) atoms. The molecule has 0 aliphatic carbocycles. The Labute approximate surface area is 85.3 Å². The van der Waals surface area contributed by atoms with Gasteiger partial charge in [-0.1, -0.05) is 13.0 Å². The first-order chi connectivity index (χ1) is 6.77. The van der Waals surface area contributed by atoms with Gasteiger partial charge in [0, 0.05) is 31.5 Å². The number of aromatic nitrogens is 1. The van der Waals surface area contributed by atoms with E-state index < -0.39 is 0 Å². The van der Waals surface area contributed by atoms with Crippen molar-refractivity contribution in [3.8, 4) is 0 Å². The lowest BCUT2D eigenvalue weighted by Crippen LogP contribution is -2.37. The normalized spacial score (nSPS) is 15.1.